The predicted molar refractivity (Wildman–Crippen MR) is 127 cm³/mol. The van der Waals surface area contributed by atoms with E-state index in [0.717, 1.165) is 5.56 Å². The Morgan fingerprint density at radius 1 is 0.879 bits per heavy atom. The number of rotatable bonds is 9. The monoisotopic (exact) mass is 470 g/mol. The molecule has 3 aromatic rings. The molecule has 0 heterocycles. The van der Waals surface area contributed by atoms with Gasteiger partial charge in [0.15, 0.2) is 6.10 Å². The van der Waals surface area contributed by atoms with Crippen molar-refractivity contribution in [1.29, 1.82) is 0 Å². The van der Waals surface area contributed by atoms with Crippen molar-refractivity contribution in [1.82, 2.24) is 0 Å². The Labute approximate surface area is 193 Å². The number of carbonyl (C=O) groups is 1. The van der Waals surface area contributed by atoms with Gasteiger partial charge in [0.25, 0.3) is 15.9 Å². The van der Waals surface area contributed by atoms with Gasteiger partial charge in [-0.05, 0) is 62.4 Å². The second kappa shape index (κ2) is 10.3. The van der Waals surface area contributed by atoms with Crippen molar-refractivity contribution in [3.8, 4) is 17.2 Å². The fourth-order valence-corrected chi connectivity index (χ4v) is 3.99. The van der Waals surface area contributed by atoms with Crippen LogP contribution in [0, 0.1) is 6.92 Å². The number of sulfonamides is 1. The molecule has 2 N–H and O–H groups in total. The first-order valence-corrected chi connectivity index (χ1v) is 11.6. The summed E-state index contributed by atoms with van der Waals surface area (Å²) >= 11 is 0. The summed E-state index contributed by atoms with van der Waals surface area (Å²) in [5, 5.41) is 2.72. The van der Waals surface area contributed by atoms with E-state index in [-0.39, 0.29) is 16.5 Å². The van der Waals surface area contributed by atoms with Gasteiger partial charge in [-0.15, -0.1) is 0 Å². The van der Waals surface area contributed by atoms with Crippen LogP contribution in [0.2, 0.25) is 0 Å². The smallest absolute Gasteiger partial charge is 0.265 e. The Morgan fingerprint density at radius 3 is 2.12 bits per heavy atom. The molecule has 1 atom stereocenters. The van der Waals surface area contributed by atoms with Gasteiger partial charge in [-0.25, -0.2) is 8.42 Å². The molecule has 0 saturated heterocycles. The number of anilines is 2. The molecule has 0 saturated carbocycles. The van der Waals surface area contributed by atoms with E-state index in [0.29, 0.717) is 22.9 Å². The molecule has 0 unspecified atom stereocenters. The zero-order chi connectivity index (χ0) is 24.0. The lowest BCUT2D eigenvalue weighted by Crippen LogP contribution is -2.30. The zero-order valence-electron chi connectivity index (χ0n) is 18.8. The summed E-state index contributed by atoms with van der Waals surface area (Å²) in [6.07, 6.45) is -0.738. The minimum absolute atomic E-state index is 0.0225. The molecular weight excluding hydrogens is 444 g/mol. The second-order valence-electron chi connectivity index (χ2n) is 7.26. The molecule has 0 aliphatic carbocycles. The van der Waals surface area contributed by atoms with Crippen molar-refractivity contribution in [3.63, 3.8) is 0 Å². The summed E-state index contributed by atoms with van der Waals surface area (Å²) in [5.41, 5.74) is 1.78. The van der Waals surface area contributed by atoms with Gasteiger partial charge in [0.2, 0.25) is 0 Å². The quantitative estimate of drug-likeness (QED) is 0.485. The molecule has 0 bridgehead atoms. The Kier molecular flexibility index (Phi) is 7.44. The molecule has 0 spiro atoms. The lowest BCUT2D eigenvalue weighted by atomic mass is 10.2. The van der Waals surface area contributed by atoms with Gasteiger partial charge < -0.3 is 19.5 Å². The minimum atomic E-state index is -3.90. The fraction of sp³-hybridized carbons (Fsp3) is 0.208. The molecule has 0 fully saturated rings. The number of hydrogen-bond donors (Lipinski definition) is 2. The van der Waals surface area contributed by atoms with E-state index in [9.17, 15) is 13.2 Å². The molecule has 8 nitrogen and oxygen atoms in total. The van der Waals surface area contributed by atoms with Crippen LogP contribution in [-0.4, -0.2) is 34.6 Å². The average Bonchev–Trinajstić information content (AvgIpc) is 2.80. The fourth-order valence-electron chi connectivity index (χ4n) is 2.93. The number of aryl methyl sites for hydroxylation is 1. The van der Waals surface area contributed by atoms with Crippen molar-refractivity contribution in [2.24, 2.45) is 0 Å². The molecule has 0 radical (unpaired) electrons. The van der Waals surface area contributed by atoms with Gasteiger partial charge in [-0.1, -0.05) is 17.7 Å². The average molecular weight is 471 g/mol. The highest BCUT2D eigenvalue weighted by Crippen LogP contribution is 2.31. The molecule has 1 amide bonds. The number of benzene rings is 3. The van der Waals surface area contributed by atoms with E-state index in [4.69, 9.17) is 14.2 Å². The van der Waals surface area contributed by atoms with E-state index >= 15 is 0 Å². The molecule has 3 aromatic carbocycles. The van der Waals surface area contributed by atoms with Crippen LogP contribution in [0.15, 0.2) is 71.6 Å². The molecule has 9 heteroatoms. The van der Waals surface area contributed by atoms with Crippen LogP contribution in [0.3, 0.4) is 0 Å². The first kappa shape index (κ1) is 23.9. The van der Waals surface area contributed by atoms with Crippen molar-refractivity contribution in [2.45, 2.75) is 24.8 Å². The Bertz CT molecular complexity index is 1210. The summed E-state index contributed by atoms with van der Waals surface area (Å²) in [5.74, 6) is 1.06. The lowest BCUT2D eigenvalue weighted by Gasteiger charge is -2.15. The van der Waals surface area contributed by atoms with Crippen molar-refractivity contribution < 1.29 is 27.4 Å². The number of methoxy groups -OCH3 is 2. The Hall–Kier alpha value is -3.72. The molecule has 33 heavy (non-hydrogen) atoms. The van der Waals surface area contributed by atoms with Crippen LogP contribution in [-0.2, 0) is 14.8 Å². The molecule has 0 aromatic heterocycles. The highest BCUT2D eigenvalue weighted by Gasteiger charge is 2.19. The predicted octanol–water partition coefficient (Wildman–Crippen LogP) is 4.22. The van der Waals surface area contributed by atoms with Crippen LogP contribution in [0.5, 0.6) is 17.2 Å². The number of carbonyl (C=O) groups excluding carboxylic acids is 1. The van der Waals surface area contributed by atoms with Gasteiger partial charge in [0.1, 0.15) is 17.2 Å². The maximum Gasteiger partial charge on any atom is 0.265 e. The SMILES string of the molecule is COc1ccc(OC)c(NS(=O)(=O)c2ccc(NC(=O)[C@@H](C)Oc3ccc(C)cc3)cc2)c1. The van der Waals surface area contributed by atoms with E-state index < -0.39 is 16.1 Å². The highest BCUT2D eigenvalue weighted by atomic mass is 32.2. The standard InChI is InChI=1S/C24H26N2O6S/c1-16-5-9-19(10-6-16)32-17(2)24(27)25-18-7-12-21(13-8-18)33(28,29)26-22-15-20(30-3)11-14-23(22)31-4/h5-15,17,26H,1-4H3,(H,25,27)/t17-/m1/s1. The van der Waals surface area contributed by atoms with Crippen molar-refractivity contribution >= 4 is 27.3 Å². The van der Waals surface area contributed by atoms with Gasteiger partial charge >= 0.3 is 0 Å². The Morgan fingerprint density at radius 2 is 1.52 bits per heavy atom. The maximum absolute atomic E-state index is 12.8. The van der Waals surface area contributed by atoms with Crippen LogP contribution >= 0.6 is 0 Å². The number of nitrogens with one attached hydrogen (secondary N) is 2. The van der Waals surface area contributed by atoms with Crippen molar-refractivity contribution in [2.75, 3.05) is 24.3 Å². The largest absolute Gasteiger partial charge is 0.497 e. The minimum Gasteiger partial charge on any atom is -0.497 e. The highest BCUT2D eigenvalue weighted by molar-refractivity contribution is 7.92. The van der Waals surface area contributed by atoms with Crippen molar-refractivity contribution in [3.05, 3.63) is 72.3 Å². The summed E-state index contributed by atoms with van der Waals surface area (Å²) in [6, 6.07) is 18.0. The summed E-state index contributed by atoms with van der Waals surface area (Å²) in [4.78, 5) is 12.5. The lowest BCUT2D eigenvalue weighted by molar-refractivity contribution is -0.122. The van der Waals surface area contributed by atoms with E-state index in [1.54, 1.807) is 31.2 Å². The van der Waals surface area contributed by atoms with Gasteiger partial charge in [0, 0.05) is 11.8 Å². The number of ether oxygens (including phenoxy) is 3. The molecule has 0 aliphatic rings. The summed E-state index contributed by atoms with van der Waals surface area (Å²) in [7, 11) is -0.969. The van der Waals surface area contributed by atoms with E-state index in [1.807, 2.05) is 19.1 Å². The van der Waals surface area contributed by atoms with Crippen LogP contribution in [0.4, 0.5) is 11.4 Å². The topological polar surface area (TPSA) is 103 Å². The first-order valence-electron chi connectivity index (χ1n) is 10.1. The van der Waals surface area contributed by atoms with Gasteiger partial charge in [-0.3, -0.25) is 9.52 Å². The van der Waals surface area contributed by atoms with E-state index in [2.05, 4.69) is 10.0 Å². The van der Waals surface area contributed by atoms with E-state index in [1.165, 1.54) is 44.6 Å². The number of amides is 1. The maximum atomic E-state index is 12.8. The molecule has 0 aliphatic heterocycles. The number of hydrogen-bond acceptors (Lipinski definition) is 6. The molecular formula is C24H26N2O6S. The van der Waals surface area contributed by atoms with Gasteiger partial charge in [-0.2, -0.15) is 0 Å². The summed E-state index contributed by atoms with van der Waals surface area (Å²) < 4.78 is 44.2. The van der Waals surface area contributed by atoms with Gasteiger partial charge in [0.05, 0.1) is 24.8 Å². The Balaban J connectivity index is 1.67. The normalized spacial score (nSPS) is 11.9. The molecule has 174 valence electrons. The van der Waals surface area contributed by atoms with Crippen LogP contribution in [0.25, 0.3) is 0 Å². The third-order valence-corrected chi connectivity index (χ3v) is 6.17. The zero-order valence-corrected chi connectivity index (χ0v) is 19.6. The molecule has 3 rings (SSSR count). The first-order chi connectivity index (χ1) is 15.7. The van der Waals surface area contributed by atoms with Crippen LogP contribution in [0.1, 0.15) is 12.5 Å². The third-order valence-electron chi connectivity index (χ3n) is 4.79. The summed E-state index contributed by atoms with van der Waals surface area (Å²) in [6.45, 7) is 3.60. The van der Waals surface area contributed by atoms with Crippen LogP contribution < -0.4 is 24.2 Å². The third kappa shape index (κ3) is 6.17. The second-order valence-corrected chi connectivity index (χ2v) is 8.94.